The van der Waals surface area contributed by atoms with E-state index in [2.05, 4.69) is 15.5 Å². The summed E-state index contributed by atoms with van der Waals surface area (Å²) < 4.78 is 12.0. The van der Waals surface area contributed by atoms with Crippen LogP contribution in [0.1, 0.15) is 43.7 Å². The van der Waals surface area contributed by atoms with Crippen molar-refractivity contribution in [1.82, 2.24) is 20.0 Å². The van der Waals surface area contributed by atoms with Crippen molar-refractivity contribution >= 4 is 5.91 Å². The van der Waals surface area contributed by atoms with Crippen molar-refractivity contribution in [2.24, 2.45) is 0 Å². The minimum atomic E-state index is -0.159. The van der Waals surface area contributed by atoms with Crippen LogP contribution in [0.2, 0.25) is 0 Å². The van der Waals surface area contributed by atoms with Crippen molar-refractivity contribution in [3.8, 4) is 11.4 Å². The molecule has 0 saturated carbocycles. The molecule has 1 amide bonds. The Hall–Kier alpha value is -3.16. The molecular weight excluding hydrogens is 348 g/mol. The maximum absolute atomic E-state index is 12.7. The lowest BCUT2D eigenvalue weighted by Crippen LogP contribution is -2.25. The number of nitrogens with one attached hydrogen (secondary N) is 1. The molecule has 0 spiro atoms. The monoisotopic (exact) mass is 370 g/mol. The van der Waals surface area contributed by atoms with Crippen LogP contribution in [0.3, 0.4) is 0 Å². The highest BCUT2D eigenvalue weighted by molar-refractivity contribution is 5.75. The van der Waals surface area contributed by atoms with Crippen molar-refractivity contribution in [3.63, 3.8) is 0 Å². The number of hydrogen-bond acceptors (Lipinski definition) is 6. The molecule has 0 fully saturated rings. The largest absolute Gasteiger partial charge is 0.467 e. The molecule has 8 heteroatoms. The summed E-state index contributed by atoms with van der Waals surface area (Å²) in [6, 6.07) is 7.13. The third-order valence-electron chi connectivity index (χ3n) is 4.15. The highest BCUT2D eigenvalue weighted by Crippen LogP contribution is 2.15. The summed E-state index contributed by atoms with van der Waals surface area (Å²) in [5, 5.41) is 6.65. The molecular formula is C19H22N4O4. The summed E-state index contributed by atoms with van der Waals surface area (Å²) in [6.07, 6.45) is 2.05. The molecule has 0 aliphatic heterocycles. The SMILES string of the molecule is Cc1ccc(-c2noc(CCC(=O)NCc3ccco3)n2)c(=O)n1C(C)C. The Morgan fingerprint density at radius 2 is 2.11 bits per heavy atom. The molecule has 0 atom stereocenters. The van der Waals surface area contributed by atoms with E-state index in [0.29, 0.717) is 30.2 Å². The summed E-state index contributed by atoms with van der Waals surface area (Å²) in [5.74, 6) is 1.09. The quantitative estimate of drug-likeness (QED) is 0.686. The van der Waals surface area contributed by atoms with Gasteiger partial charge in [0.1, 0.15) is 5.76 Å². The number of rotatable bonds is 7. The second-order valence-electron chi connectivity index (χ2n) is 6.53. The normalized spacial score (nSPS) is 11.1. The van der Waals surface area contributed by atoms with Crippen LogP contribution in [0.5, 0.6) is 0 Å². The van der Waals surface area contributed by atoms with Gasteiger partial charge in [-0.15, -0.1) is 0 Å². The van der Waals surface area contributed by atoms with Crippen LogP contribution in [0.25, 0.3) is 11.4 Å². The summed E-state index contributed by atoms with van der Waals surface area (Å²) in [4.78, 5) is 28.8. The molecule has 142 valence electrons. The average molecular weight is 370 g/mol. The van der Waals surface area contributed by atoms with Crippen molar-refractivity contribution in [3.05, 3.63) is 58.2 Å². The Balaban J connectivity index is 1.64. The predicted molar refractivity (Wildman–Crippen MR) is 98.0 cm³/mol. The standard InChI is InChI=1S/C19H22N4O4/c1-12(2)23-13(3)6-7-15(19(23)25)18-21-17(27-22-18)9-8-16(24)20-11-14-5-4-10-26-14/h4-7,10,12H,8-9,11H2,1-3H3,(H,20,24). The Labute approximate surface area is 156 Å². The van der Waals surface area contributed by atoms with Gasteiger partial charge in [-0.25, -0.2) is 0 Å². The molecule has 27 heavy (non-hydrogen) atoms. The predicted octanol–water partition coefficient (Wildman–Crippen LogP) is 2.63. The maximum atomic E-state index is 12.7. The molecule has 0 aromatic carbocycles. The highest BCUT2D eigenvalue weighted by Gasteiger charge is 2.16. The maximum Gasteiger partial charge on any atom is 0.262 e. The molecule has 0 unspecified atom stereocenters. The van der Waals surface area contributed by atoms with Gasteiger partial charge in [0, 0.05) is 24.6 Å². The molecule has 3 rings (SSSR count). The van der Waals surface area contributed by atoms with Gasteiger partial charge in [0.05, 0.1) is 18.4 Å². The van der Waals surface area contributed by atoms with Gasteiger partial charge in [0.25, 0.3) is 5.56 Å². The fourth-order valence-electron chi connectivity index (χ4n) is 2.83. The Morgan fingerprint density at radius 3 is 2.81 bits per heavy atom. The first-order valence-electron chi connectivity index (χ1n) is 8.80. The number of pyridine rings is 1. The number of nitrogens with zero attached hydrogens (tertiary/aromatic N) is 3. The number of amides is 1. The summed E-state index contributed by atoms with van der Waals surface area (Å²) in [7, 11) is 0. The third kappa shape index (κ3) is 4.33. The van der Waals surface area contributed by atoms with Crippen LogP contribution in [0.15, 0.2) is 44.3 Å². The van der Waals surface area contributed by atoms with Crippen LogP contribution in [-0.4, -0.2) is 20.6 Å². The van der Waals surface area contributed by atoms with Crippen molar-refractivity contribution in [2.75, 3.05) is 0 Å². The van der Waals surface area contributed by atoms with Gasteiger partial charge in [0.2, 0.25) is 17.6 Å². The average Bonchev–Trinajstić information content (AvgIpc) is 3.30. The molecule has 3 aromatic heterocycles. The molecule has 0 aliphatic rings. The number of furan rings is 1. The van der Waals surface area contributed by atoms with Crippen LogP contribution in [-0.2, 0) is 17.8 Å². The highest BCUT2D eigenvalue weighted by atomic mass is 16.5. The topological polar surface area (TPSA) is 103 Å². The molecule has 0 bridgehead atoms. The van der Waals surface area contributed by atoms with E-state index < -0.39 is 0 Å². The third-order valence-corrected chi connectivity index (χ3v) is 4.15. The van der Waals surface area contributed by atoms with Gasteiger partial charge in [-0.05, 0) is 45.0 Å². The summed E-state index contributed by atoms with van der Waals surface area (Å²) in [6.45, 7) is 6.11. The van der Waals surface area contributed by atoms with Crippen molar-refractivity contribution < 1.29 is 13.7 Å². The first kappa shape index (κ1) is 18.6. The molecule has 3 aromatic rings. The molecule has 1 N–H and O–H groups in total. The van der Waals surface area contributed by atoms with E-state index in [0.717, 1.165) is 5.69 Å². The lowest BCUT2D eigenvalue weighted by Gasteiger charge is -2.14. The molecule has 0 saturated heterocycles. The van der Waals surface area contributed by atoms with Crippen LogP contribution in [0.4, 0.5) is 0 Å². The fourth-order valence-corrected chi connectivity index (χ4v) is 2.83. The van der Waals surface area contributed by atoms with Crippen LogP contribution in [0, 0.1) is 6.92 Å². The van der Waals surface area contributed by atoms with Crippen LogP contribution >= 0.6 is 0 Å². The minimum absolute atomic E-state index is 0.0293. The zero-order chi connectivity index (χ0) is 19.4. The van der Waals surface area contributed by atoms with Crippen molar-refractivity contribution in [2.45, 2.75) is 46.2 Å². The Bertz CT molecular complexity index is 970. The van der Waals surface area contributed by atoms with E-state index in [1.54, 1.807) is 29.0 Å². The van der Waals surface area contributed by atoms with E-state index in [1.807, 2.05) is 26.8 Å². The van der Waals surface area contributed by atoms with E-state index in [-0.39, 0.29) is 29.8 Å². The minimum Gasteiger partial charge on any atom is -0.467 e. The second-order valence-corrected chi connectivity index (χ2v) is 6.53. The first-order chi connectivity index (χ1) is 13.0. The van der Waals surface area contributed by atoms with Gasteiger partial charge in [-0.2, -0.15) is 4.98 Å². The van der Waals surface area contributed by atoms with E-state index >= 15 is 0 Å². The smallest absolute Gasteiger partial charge is 0.262 e. The fraction of sp³-hybridized carbons (Fsp3) is 0.368. The lowest BCUT2D eigenvalue weighted by atomic mass is 10.2. The molecule has 8 nitrogen and oxygen atoms in total. The van der Waals surface area contributed by atoms with E-state index in [4.69, 9.17) is 8.94 Å². The van der Waals surface area contributed by atoms with Crippen LogP contribution < -0.4 is 10.9 Å². The summed E-state index contributed by atoms with van der Waals surface area (Å²) >= 11 is 0. The number of carbonyl (C=O) groups is 1. The number of hydrogen-bond donors (Lipinski definition) is 1. The summed E-state index contributed by atoms with van der Waals surface area (Å²) in [5.41, 5.74) is 1.09. The van der Waals surface area contributed by atoms with Gasteiger partial charge >= 0.3 is 0 Å². The number of aryl methyl sites for hydroxylation is 2. The zero-order valence-electron chi connectivity index (χ0n) is 15.6. The Morgan fingerprint density at radius 1 is 1.30 bits per heavy atom. The second kappa shape index (κ2) is 8.03. The molecule has 0 radical (unpaired) electrons. The van der Waals surface area contributed by atoms with Gasteiger partial charge in [-0.3, -0.25) is 9.59 Å². The van der Waals surface area contributed by atoms with E-state index in [1.165, 1.54) is 0 Å². The van der Waals surface area contributed by atoms with Gasteiger partial charge in [-0.1, -0.05) is 5.16 Å². The number of carbonyl (C=O) groups excluding carboxylic acids is 1. The van der Waals surface area contributed by atoms with E-state index in [9.17, 15) is 9.59 Å². The Kier molecular flexibility index (Phi) is 5.54. The lowest BCUT2D eigenvalue weighted by molar-refractivity contribution is -0.121. The van der Waals surface area contributed by atoms with Gasteiger partial charge in [0.15, 0.2) is 0 Å². The molecule has 3 heterocycles. The number of aromatic nitrogens is 3. The van der Waals surface area contributed by atoms with Crippen molar-refractivity contribution in [1.29, 1.82) is 0 Å². The first-order valence-corrected chi connectivity index (χ1v) is 8.80. The zero-order valence-corrected chi connectivity index (χ0v) is 15.6. The van der Waals surface area contributed by atoms with Gasteiger partial charge < -0.3 is 18.8 Å². The molecule has 0 aliphatic carbocycles.